The number of benzene rings is 2. The van der Waals surface area contributed by atoms with E-state index in [1.807, 2.05) is 55.5 Å². The number of halogens is 1. The standard InChI is InChI=1S/C19H17IN2O3S/c1-3-25-16-10-12(4-9-15(16)24-2)11-17-18(23)22-19(26-17)21-14-7-5-13(20)6-8-14/h4-11H,3H2,1-2H3,(H,21,22,23)/b17-11+. The number of thioether (sulfide) groups is 1. The molecule has 0 aliphatic carbocycles. The van der Waals surface area contributed by atoms with Gasteiger partial charge in [-0.15, -0.1) is 0 Å². The number of nitrogens with one attached hydrogen (secondary N) is 1. The number of rotatable bonds is 5. The number of aliphatic imine (C=N–C) groups is 1. The van der Waals surface area contributed by atoms with Crippen molar-refractivity contribution in [2.45, 2.75) is 6.92 Å². The average Bonchev–Trinajstić information content (AvgIpc) is 2.97. The minimum Gasteiger partial charge on any atom is -0.493 e. The quantitative estimate of drug-likeness (QED) is 0.503. The topological polar surface area (TPSA) is 59.9 Å². The second kappa shape index (κ2) is 8.59. The molecule has 0 unspecified atom stereocenters. The van der Waals surface area contributed by atoms with Crippen molar-refractivity contribution in [3.05, 3.63) is 56.5 Å². The Bertz CT molecular complexity index is 879. The van der Waals surface area contributed by atoms with Gasteiger partial charge in [-0.3, -0.25) is 4.79 Å². The van der Waals surface area contributed by atoms with Gasteiger partial charge in [0.25, 0.3) is 5.91 Å². The molecule has 1 aliphatic heterocycles. The molecule has 1 heterocycles. The first-order valence-corrected chi connectivity index (χ1v) is 9.84. The summed E-state index contributed by atoms with van der Waals surface area (Å²) in [5.41, 5.74) is 1.67. The van der Waals surface area contributed by atoms with E-state index >= 15 is 0 Å². The molecule has 0 saturated carbocycles. The molecule has 2 aromatic rings. The summed E-state index contributed by atoms with van der Waals surface area (Å²) in [6.45, 7) is 2.45. The summed E-state index contributed by atoms with van der Waals surface area (Å²) in [4.78, 5) is 17.3. The summed E-state index contributed by atoms with van der Waals surface area (Å²) in [5, 5.41) is 3.37. The maximum atomic E-state index is 12.2. The molecule has 0 radical (unpaired) electrons. The molecule has 134 valence electrons. The Morgan fingerprint density at radius 3 is 2.65 bits per heavy atom. The van der Waals surface area contributed by atoms with Gasteiger partial charge in [0.1, 0.15) is 0 Å². The van der Waals surface area contributed by atoms with Gasteiger partial charge < -0.3 is 14.8 Å². The Hall–Kier alpha value is -2.00. The number of hydrogen-bond donors (Lipinski definition) is 1. The lowest BCUT2D eigenvalue weighted by molar-refractivity contribution is -0.115. The minimum atomic E-state index is -0.159. The van der Waals surface area contributed by atoms with Crippen LogP contribution in [0.2, 0.25) is 0 Å². The van der Waals surface area contributed by atoms with Crippen molar-refractivity contribution in [2.24, 2.45) is 4.99 Å². The zero-order chi connectivity index (χ0) is 18.5. The average molecular weight is 480 g/mol. The molecule has 26 heavy (non-hydrogen) atoms. The Balaban J connectivity index is 1.82. The fraction of sp³-hybridized carbons (Fsp3) is 0.158. The van der Waals surface area contributed by atoms with Crippen LogP contribution in [0.4, 0.5) is 5.69 Å². The fourth-order valence-electron chi connectivity index (χ4n) is 2.32. The van der Waals surface area contributed by atoms with Crippen LogP contribution in [0.3, 0.4) is 0 Å². The van der Waals surface area contributed by atoms with Crippen molar-refractivity contribution in [1.82, 2.24) is 5.32 Å². The number of carbonyl (C=O) groups is 1. The Kier molecular flexibility index (Phi) is 6.20. The molecule has 1 saturated heterocycles. The highest BCUT2D eigenvalue weighted by Gasteiger charge is 2.24. The van der Waals surface area contributed by atoms with Gasteiger partial charge in [0.2, 0.25) is 0 Å². The lowest BCUT2D eigenvalue weighted by Gasteiger charge is -2.09. The molecule has 0 bridgehead atoms. The van der Waals surface area contributed by atoms with E-state index in [4.69, 9.17) is 9.47 Å². The van der Waals surface area contributed by atoms with Gasteiger partial charge in [-0.05, 0) is 89.3 Å². The van der Waals surface area contributed by atoms with Crippen LogP contribution in [-0.2, 0) is 4.79 Å². The lowest BCUT2D eigenvalue weighted by Crippen LogP contribution is -2.19. The summed E-state index contributed by atoms with van der Waals surface area (Å²) >= 11 is 3.56. The van der Waals surface area contributed by atoms with E-state index in [1.54, 1.807) is 7.11 Å². The van der Waals surface area contributed by atoms with Crippen molar-refractivity contribution in [1.29, 1.82) is 0 Å². The van der Waals surface area contributed by atoms with E-state index in [0.29, 0.717) is 28.2 Å². The zero-order valence-corrected chi connectivity index (χ0v) is 17.3. The van der Waals surface area contributed by atoms with Crippen LogP contribution in [0.25, 0.3) is 6.08 Å². The highest BCUT2D eigenvalue weighted by atomic mass is 127. The van der Waals surface area contributed by atoms with E-state index in [9.17, 15) is 4.79 Å². The van der Waals surface area contributed by atoms with Crippen molar-refractivity contribution in [3.63, 3.8) is 0 Å². The van der Waals surface area contributed by atoms with Gasteiger partial charge in [0, 0.05) is 3.57 Å². The fourth-order valence-corrected chi connectivity index (χ4v) is 3.52. The Labute approximate surface area is 170 Å². The number of hydrogen-bond acceptors (Lipinski definition) is 5. The van der Waals surface area contributed by atoms with Crippen LogP contribution in [0.15, 0.2) is 52.4 Å². The van der Waals surface area contributed by atoms with Crippen molar-refractivity contribution < 1.29 is 14.3 Å². The smallest absolute Gasteiger partial charge is 0.264 e. The molecule has 1 N–H and O–H groups in total. The molecule has 0 aromatic heterocycles. The van der Waals surface area contributed by atoms with Crippen LogP contribution in [0, 0.1) is 3.57 Å². The largest absolute Gasteiger partial charge is 0.493 e. The van der Waals surface area contributed by atoms with E-state index in [2.05, 4.69) is 32.9 Å². The molecular formula is C19H17IN2O3S. The first kappa shape index (κ1) is 18.8. The number of methoxy groups -OCH3 is 1. The maximum absolute atomic E-state index is 12.2. The molecule has 0 atom stereocenters. The first-order chi connectivity index (χ1) is 12.6. The second-order valence-corrected chi connectivity index (χ2v) is 7.58. The lowest BCUT2D eigenvalue weighted by atomic mass is 10.2. The minimum absolute atomic E-state index is 0.159. The molecule has 1 fully saturated rings. The highest BCUT2D eigenvalue weighted by Crippen LogP contribution is 2.32. The van der Waals surface area contributed by atoms with Gasteiger partial charge in [-0.25, -0.2) is 4.99 Å². The number of amides is 1. The summed E-state index contributed by atoms with van der Waals surface area (Å²) in [5.74, 6) is 1.16. The van der Waals surface area contributed by atoms with Crippen LogP contribution in [-0.4, -0.2) is 24.8 Å². The molecule has 3 rings (SSSR count). The third kappa shape index (κ3) is 4.59. The van der Waals surface area contributed by atoms with E-state index in [0.717, 1.165) is 14.8 Å². The molecule has 7 heteroatoms. The predicted molar refractivity (Wildman–Crippen MR) is 114 cm³/mol. The van der Waals surface area contributed by atoms with E-state index in [-0.39, 0.29) is 5.91 Å². The van der Waals surface area contributed by atoms with Gasteiger partial charge in [0.05, 0.1) is 24.3 Å². The number of nitrogens with zero attached hydrogens (tertiary/aromatic N) is 1. The molecule has 5 nitrogen and oxygen atoms in total. The second-order valence-electron chi connectivity index (χ2n) is 5.30. The van der Waals surface area contributed by atoms with Crippen LogP contribution < -0.4 is 14.8 Å². The van der Waals surface area contributed by atoms with Crippen LogP contribution >= 0.6 is 34.4 Å². The van der Waals surface area contributed by atoms with Crippen molar-refractivity contribution >= 4 is 57.2 Å². The summed E-state index contributed by atoms with van der Waals surface area (Å²) in [6, 6.07) is 13.4. The van der Waals surface area contributed by atoms with Crippen LogP contribution in [0.5, 0.6) is 11.5 Å². The summed E-state index contributed by atoms with van der Waals surface area (Å²) in [6.07, 6.45) is 1.82. The van der Waals surface area contributed by atoms with Gasteiger partial charge in [0.15, 0.2) is 16.7 Å². The third-order valence-electron chi connectivity index (χ3n) is 3.49. The zero-order valence-electron chi connectivity index (χ0n) is 14.3. The van der Waals surface area contributed by atoms with Gasteiger partial charge >= 0.3 is 0 Å². The molecule has 1 amide bonds. The van der Waals surface area contributed by atoms with Crippen molar-refractivity contribution in [2.75, 3.05) is 13.7 Å². The van der Waals surface area contributed by atoms with E-state index in [1.165, 1.54) is 11.8 Å². The predicted octanol–water partition coefficient (Wildman–Crippen LogP) is 4.59. The Morgan fingerprint density at radius 1 is 1.19 bits per heavy atom. The monoisotopic (exact) mass is 480 g/mol. The summed E-state index contributed by atoms with van der Waals surface area (Å²) < 4.78 is 12.0. The Morgan fingerprint density at radius 2 is 1.96 bits per heavy atom. The number of ether oxygens (including phenoxy) is 2. The van der Waals surface area contributed by atoms with Gasteiger partial charge in [-0.1, -0.05) is 6.07 Å². The number of amidine groups is 1. The maximum Gasteiger partial charge on any atom is 0.264 e. The van der Waals surface area contributed by atoms with Crippen molar-refractivity contribution in [3.8, 4) is 11.5 Å². The van der Waals surface area contributed by atoms with Crippen LogP contribution in [0.1, 0.15) is 12.5 Å². The SMILES string of the molecule is CCOc1cc(/C=C2/SC(=Nc3ccc(I)cc3)NC2=O)ccc1OC. The molecule has 1 aliphatic rings. The normalized spacial score (nSPS) is 16.8. The highest BCUT2D eigenvalue weighted by molar-refractivity contribution is 14.1. The van der Waals surface area contributed by atoms with E-state index < -0.39 is 0 Å². The summed E-state index contributed by atoms with van der Waals surface area (Å²) in [7, 11) is 1.60. The van der Waals surface area contributed by atoms with Gasteiger partial charge in [-0.2, -0.15) is 0 Å². The third-order valence-corrected chi connectivity index (χ3v) is 5.12. The molecule has 0 spiro atoms. The number of carbonyl (C=O) groups excluding carboxylic acids is 1. The first-order valence-electron chi connectivity index (χ1n) is 7.95. The molecule has 2 aromatic carbocycles. The molecular weight excluding hydrogens is 463 g/mol.